The van der Waals surface area contributed by atoms with E-state index in [0.717, 1.165) is 4.67 Å². The van der Waals surface area contributed by atoms with Crippen LogP contribution in [0.3, 0.4) is 0 Å². The minimum Gasteiger partial charge on any atom is -0.359 e. The van der Waals surface area contributed by atoms with Gasteiger partial charge in [-0.2, -0.15) is 4.67 Å². The van der Waals surface area contributed by atoms with Crippen molar-refractivity contribution in [1.82, 2.24) is 9.34 Å². The minimum atomic E-state index is -4.31. The van der Waals surface area contributed by atoms with Crippen LogP contribution in [-0.2, 0) is 4.57 Å². The van der Waals surface area contributed by atoms with Gasteiger partial charge in [0.1, 0.15) is 11.3 Å². The largest absolute Gasteiger partial charge is 0.359 e. The van der Waals surface area contributed by atoms with Gasteiger partial charge in [-0.3, -0.25) is 21.8 Å². The lowest BCUT2D eigenvalue weighted by Gasteiger charge is -2.18. The van der Waals surface area contributed by atoms with Crippen molar-refractivity contribution in [3.8, 4) is 0 Å². The Labute approximate surface area is 97.8 Å². The summed E-state index contributed by atoms with van der Waals surface area (Å²) >= 11 is 0. The first-order chi connectivity index (χ1) is 7.23. The highest BCUT2D eigenvalue weighted by Crippen LogP contribution is 2.72. The summed E-state index contributed by atoms with van der Waals surface area (Å²) in [6.45, 7) is 2.95. The molecule has 0 saturated carbocycles. The van der Waals surface area contributed by atoms with E-state index in [1.54, 1.807) is 0 Å². The van der Waals surface area contributed by atoms with Crippen molar-refractivity contribution in [1.29, 1.82) is 0 Å². The van der Waals surface area contributed by atoms with Gasteiger partial charge in [0, 0.05) is 0 Å². The molecule has 2 fully saturated rings. The zero-order chi connectivity index (χ0) is 13.7. The summed E-state index contributed by atoms with van der Waals surface area (Å²) in [5.41, 5.74) is 25.2. The van der Waals surface area contributed by atoms with E-state index in [1.165, 1.54) is 13.8 Å². The van der Waals surface area contributed by atoms with Crippen LogP contribution >= 0.6 is 7.67 Å². The van der Waals surface area contributed by atoms with E-state index in [-0.39, 0.29) is 0 Å². The van der Waals surface area contributed by atoms with Crippen LogP contribution in [0.4, 0.5) is 0 Å². The lowest BCUT2D eigenvalue weighted by Crippen LogP contribution is -2.48. The third-order valence-electron chi connectivity index (χ3n) is 3.59. The molecule has 0 bridgehead atoms. The summed E-state index contributed by atoms with van der Waals surface area (Å²) in [7, 11) is -4.31. The van der Waals surface area contributed by atoms with Gasteiger partial charge in [0.2, 0.25) is 5.85 Å². The van der Waals surface area contributed by atoms with Gasteiger partial charge in [-0.05, 0) is 13.8 Å². The van der Waals surface area contributed by atoms with E-state index in [9.17, 15) is 14.6 Å². The Bertz CT molecular complexity index is 369. The fraction of sp³-hybridized carbons (Fsp3) is 1.00. The standard InChI is InChI=1S/C6H18N7O3P/c1-3(7)4(2,8)12(3)17(15,16)13-5(9,10)6(13,11)14/h14H,7-11H2,1-2H3,(H,15,16). The predicted molar refractivity (Wildman–Crippen MR) is 58.9 cm³/mol. The molecule has 5 unspecified atom stereocenters. The molecule has 0 aromatic carbocycles. The van der Waals surface area contributed by atoms with Crippen LogP contribution in [0.5, 0.6) is 0 Å². The maximum absolute atomic E-state index is 12.2. The van der Waals surface area contributed by atoms with Crippen LogP contribution < -0.4 is 28.7 Å². The first-order valence-electron chi connectivity index (χ1n) is 4.84. The summed E-state index contributed by atoms with van der Waals surface area (Å²) in [5, 5.41) is 9.59. The van der Waals surface area contributed by atoms with Crippen molar-refractivity contribution in [3.63, 3.8) is 0 Å². The lowest BCUT2D eigenvalue weighted by molar-refractivity contribution is 0.103. The zero-order valence-corrected chi connectivity index (χ0v) is 10.4. The Morgan fingerprint density at radius 2 is 1.29 bits per heavy atom. The molecule has 12 N–H and O–H groups in total. The molecule has 0 radical (unpaired) electrons. The Hall–Kier alpha value is -0.130. The van der Waals surface area contributed by atoms with E-state index >= 15 is 0 Å². The highest BCUT2D eigenvalue weighted by molar-refractivity contribution is 7.53. The normalized spacial score (nSPS) is 59.6. The van der Waals surface area contributed by atoms with Crippen molar-refractivity contribution in [2.45, 2.75) is 36.8 Å². The smallest absolute Gasteiger partial charge is 0.353 e. The molecule has 11 heteroatoms. The van der Waals surface area contributed by atoms with E-state index in [4.69, 9.17) is 28.7 Å². The Morgan fingerprint density at radius 3 is 1.47 bits per heavy atom. The second kappa shape index (κ2) is 2.73. The molecule has 17 heavy (non-hydrogen) atoms. The Balaban J connectivity index is 2.34. The van der Waals surface area contributed by atoms with Crippen molar-refractivity contribution < 1.29 is 14.6 Å². The maximum atomic E-state index is 12.2. The number of nitrogens with zero attached hydrogens (tertiary/aromatic N) is 2. The number of hydrogen-bond acceptors (Lipinski definition) is 7. The van der Waals surface area contributed by atoms with Crippen molar-refractivity contribution in [3.05, 3.63) is 0 Å². The van der Waals surface area contributed by atoms with Crippen LogP contribution in [0, 0.1) is 0 Å². The molecule has 2 aliphatic rings. The highest BCUT2D eigenvalue weighted by Gasteiger charge is 2.84. The lowest BCUT2D eigenvalue weighted by atomic mass is 10.2. The molecule has 0 aromatic heterocycles. The molecule has 0 amide bonds. The summed E-state index contributed by atoms with van der Waals surface area (Å²) in [6.07, 6.45) is 0. The monoisotopic (exact) mass is 267 g/mol. The average molecular weight is 267 g/mol. The first-order valence-corrected chi connectivity index (χ1v) is 6.41. The van der Waals surface area contributed by atoms with Crippen LogP contribution in [0.25, 0.3) is 0 Å². The van der Waals surface area contributed by atoms with Crippen LogP contribution in [0.15, 0.2) is 0 Å². The molecule has 2 aliphatic heterocycles. The van der Waals surface area contributed by atoms with Crippen LogP contribution in [0.2, 0.25) is 0 Å². The number of nitrogens with two attached hydrogens (primary N) is 5. The van der Waals surface area contributed by atoms with Gasteiger partial charge in [0.25, 0.3) is 0 Å². The zero-order valence-electron chi connectivity index (χ0n) is 9.53. The van der Waals surface area contributed by atoms with Crippen molar-refractivity contribution >= 4 is 7.67 Å². The Morgan fingerprint density at radius 1 is 1.00 bits per heavy atom. The van der Waals surface area contributed by atoms with E-state index in [2.05, 4.69) is 0 Å². The molecule has 0 aromatic rings. The van der Waals surface area contributed by atoms with Gasteiger partial charge in [0.05, 0.1) is 0 Å². The predicted octanol–water partition coefficient (Wildman–Crippen LogP) is -3.76. The molecular weight excluding hydrogens is 249 g/mol. The molecule has 0 aliphatic carbocycles. The molecule has 2 heterocycles. The van der Waals surface area contributed by atoms with Gasteiger partial charge in [-0.15, -0.1) is 4.67 Å². The maximum Gasteiger partial charge on any atom is 0.353 e. The minimum absolute atomic E-state index is 0.496. The number of rotatable bonds is 2. The molecule has 0 spiro atoms. The molecular formula is C6H18N7O3P. The first kappa shape index (κ1) is 13.3. The third kappa shape index (κ3) is 1.23. The molecule has 100 valence electrons. The fourth-order valence-corrected chi connectivity index (χ4v) is 4.78. The van der Waals surface area contributed by atoms with E-state index in [1.807, 2.05) is 0 Å². The van der Waals surface area contributed by atoms with Crippen molar-refractivity contribution in [2.75, 3.05) is 0 Å². The van der Waals surface area contributed by atoms with E-state index < -0.39 is 30.6 Å². The average Bonchev–Trinajstić information content (AvgIpc) is 2.56. The van der Waals surface area contributed by atoms with Crippen LogP contribution in [-0.4, -0.2) is 42.3 Å². The summed E-state index contributed by atoms with van der Waals surface area (Å²) in [4.78, 5) is 9.98. The second-order valence-electron chi connectivity index (χ2n) is 4.98. The van der Waals surface area contributed by atoms with Crippen LogP contribution in [0.1, 0.15) is 13.8 Å². The molecule has 2 rings (SSSR count). The molecule has 10 nitrogen and oxygen atoms in total. The topological polar surface area (TPSA) is 194 Å². The second-order valence-corrected chi connectivity index (χ2v) is 6.81. The van der Waals surface area contributed by atoms with Gasteiger partial charge in [-0.1, -0.05) is 0 Å². The number of aliphatic hydroxyl groups is 1. The summed E-state index contributed by atoms with van der Waals surface area (Å²) < 4.78 is 13.7. The summed E-state index contributed by atoms with van der Waals surface area (Å²) in [6, 6.07) is 0. The van der Waals surface area contributed by atoms with Crippen molar-refractivity contribution in [2.24, 2.45) is 28.7 Å². The summed E-state index contributed by atoms with van der Waals surface area (Å²) in [5.74, 6) is -4.27. The van der Waals surface area contributed by atoms with Gasteiger partial charge >= 0.3 is 7.67 Å². The highest BCUT2D eigenvalue weighted by atomic mass is 31.2. The van der Waals surface area contributed by atoms with Gasteiger partial charge < -0.3 is 21.5 Å². The quantitative estimate of drug-likeness (QED) is 0.148. The van der Waals surface area contributed by atoms with E-state index in [0.29, 0.717) is 4.67 Å². The molecule has 2 saturated heterocycles. The fourth-order valence-electron chi connectivity index (χ4n) is 2.06. The SMILES string of the molecule is CC1(N)N(P(=O)(O)N2C(N)(N)C2(N)O)C1(C)N. The van der Waals surface area contributed by atoms with Gasteiger partial charge in [0.15, 0.2) is 5.79 Å². The van der Waals surface area contributed by atoms with Gasteiger partial charge in [-0.25, -0.2) is 0 Å². The third-order valence-corrected chi connectivity index (χ3v) is 6.10. The number of hydrogen-bond donors (Lipinski definition) is 7. The Kier molecular flexibility index (Phi) is 2.13. The molecule has 5 atom stereocenters.